The largest absolute Gasteiger partial charge is 0.390 e. The first-order valence-corrected chi connectivity index (χ1v) is 13.2. The zero-order valence-electron chi connectivity index (χ0n) is 21.2. The Kier molecular flexibility index (Phi) is 4.81. The lowest BCUT2D eigenvalue weighted by molar-refractivity contribution is -0.287. The lowest BCUT2D eigenvalue weighted by atomic mass is 9.42. The molecule has 8 heteroatoms. The number of piperidine rings is 1. The van der Waals surface area contributed by atoms with Crippen molar-refractivity contribution in [2.24, 2.45) is 34.5 Å². The molecule has 7 rings (SSSR count). The van der Waals surface area contributed by atoms with Crippen LogP contribution in [0.2, 0.25) is 0 Å². The molecular weight excluding hydrogens is 438 g/mol. The van der Waals surface area contributed by atoms with Gasteiger partial charge >= 0.3 is 0 Å². The highest BCUT2D eigenvalue weighted by atomic mass is 16.7. The van der Waals surface area contributed by atoms with Crippen LogP contribution in [0.4, 0.5) is 0 Å². The SMILES string of the molecule is CCN1C[C@]2(COC)CC[C@H](OC)[C@]34C5C[C@@H]6[C@@H](OC)C[C@@]7(OCOC7(C13)[C@@H](O)C24)C5[C@H]6OC. The first-order valence-electron chi connectivity index (χ1n) is 13.2. The van der Waals surface area contributed by atoms with Crippen molar-refractivity contribution in [1.29, 1.82) is 0 Å². The molecule has 5 unspecified atom stereocenters. The maximum Gasteiger partial charge on any atom is 0.148 e. The van der Waals surface area contributed by atoms with Crippen LogP contribution in [0.5, 0.6) is 0 Å². The minimum Gasteiger partial charge on any atom is -0.390 e. The average Bonchev–Trinajstić information content (AvgIpc) is 3.42. The lowest BCUT2D eigenvalue weighted by Crippen LogP contribution is -2.81. The van der Waals surface area contributed by atoms with Gasteiger partial charge in [0.25, 0.3) is 0 Å². The third kappa shape index (κ3) is 2.05. The number of hydrogen-bond donors (Lipinski definition) is 1. The molecule has 2 aliphatic heterocycles. The number of aliphatic hydroxyl groups excluding tert-OH is 1. The number of ether oxygens (including phenoxy) is 6. The minimum atomic E-state index is -0.825. The molecule has 2 saturated heterocycles. The standard InChI is InChI=1S/C26H41NO7/c1-6-27-11-23(12-29-2)8-7-17(31-4)25-15-9-14-16(30-3)10-24(18(15)19(14)32-5)26(22(25)27,34-13-33-24)21(28)20(23)25/h14-22,28H,6-13H2,1-5H3/t14-,15?,16+,17+,18?,19+,20?,21+,22?,23+,24-,25+,26?/m1/s1. The van der Waals surface area contributed by atoms with Crippen molar-refractivity contribution in [3.8, 4) is 0 Å². The van der Waals surface area contributed by atoms with E-state index in [4.69, 9.17) is 28.4 Å². The number of nitrogens with zero attached hydrogens (tertiary/aromatic N) is 1. The second-order valence-electron chi connectivity index (χ2n) is 12.2. The van der Waals surface area contributed by atoms with Crippen molar-refractivity contribution in [1.82, 2.24) is 4.90 Å². The first kappa shape index (κ1) is 22.8. The molecule has 13 atom stereocenters. The van der Waals surface area contributed by atoms with Crippen molar-refractivity contribution in [3.63, 3.8) is 0 Å². The van der Waals surface area contributed by atoms with Crippen LogP contribution in [0.3, 0.4) is 0 Å². The lowest BCUT2D eigenvalue weighted by Gasteiger charge is -2.70. The van der Waals surface area contributed by atoms with Gasteiger partial charge in [0.1, 0.15) is 18.0 Å². The number of rotatable bonds is 6. The Morgan fingerprint density at radius 2 is 1.91 bits per heavy atom. The molecule has 2 heterocycles. The normalized spacial score (nSPS) is 61.1. The fourth-order valence-corrected chi connectivity index (χ4v) is 11.7. The van der Waals surface area contributed by atoms with E-state index < -0.39 is 17.3 Å². The molecular formula is C26H41NO7. The summed E-state index contributed by atoms with van der Waals surface area (Å²) < 4.78 is 38.3. The number of methoxy groups -OCH3 is 4. The highest BCUT2D eigenvalue weighted by Crippen LogP contribution is 2.82. The number of likely N-dealkylation sites (N-methyl/N-ethyl adjacent to an activating group) is 1. The summed E-state index contributed by atoms with van der Waals surface area (Å²) in [5.74, 6) is 0.813. The molecule has 0 radical (unpaired) electrons. The zero-order chi connectivity index (χ0) is 23.7. The molecule has 0 aromatic carbocycles. The highest BCUT2D eigenvalue weighted by Gasteiger charge is 2.93. The first-order chi connectivity index (χ1) is 16.5. The van der Waals surface area contributed by atoms with E-state index in [9.17, 15) is 5.11 Å². The molecule has 0 aromatic heterocycles. The maximum absolute atomic E-state index is 12.6. The molecule has 0 aromatic rings. The van der Waals surface area contributed by atoms with Crippen LogP contribution in [0.15, 0.2) is 0 Å². The van der Waals surface area contributed by atoms with Gasteiger partial charge in [0.2, 0.25) is 0 Å². The van der Waals surface area contributed by atoms with Crippen LogP contribution >= 0.6 is 0 Å². The van der Waals surface area contributed by atoms with E-state index in [1.807, 2.05) is 21.3 Å². The quantitative estimate of drug-likeness (QED) is 0.611. The van der Waals surface area contributed by atoms with Crippen molar-refractivity contribution in [2.75, 3.05) is 54.9 Å². The van der Waals surface area contributed by atoms with Crippen molar-refractivity contribution >= 4 is 0 Å². The van der Waals surface area contributed by atoms with E-state index >= 15 is 0 Å². The van der Waals surface area contributed by atoms with Crippen LogP contribution < -0.4 is 0 Å². The Bertz CT molecular complexity index is 859. The van der Waals surface area contributed by atoms with Crippen LogP contribution in [0, 0.1) is 34.5 Å². The molecule has 7 aliphatic rings. The van der Waals surface area contributed by atoms with Crippen molar-refractivity contribution in [3.05, 3.63) is 0 Å². The van der Waals surface area contributed by atoms with Gasteiger partial charge in [0.15, 0.2) is 0 Å². The number of hydrogen-bond acceptors (Lipinski definition) is 8. The Balaban J connectivity index is 1.55. The number of fused-ring (bicyclic) bond motifs is 1. The van der Waals surface area contributed by atoms with E-state index in [0.717, 1.165) is 38.8 Å². The summed E-state index contributed by atoms with van der Waals surface area (Å²) >= 11 is 0. The Morgan fingerprint density at radius 3 is 2.59 bits per heavy atom. The van der Waals surface area contributed by atoms with Gasteiger partial charge in [-0.3, -0.25) is 4.90 Å². The Labute approximate surface area is 202 Å². The van der Waals surface area contributed by atoms with Gasteiger partial charge in [-0.2, -0.15) is 0 Å². The van der Waals surface area contributed by atoms with Gasteiger partial charge in [0, 0.05) is 70.0 Å². The van der Waals surface area contributed by atoms with E-state index in [-0.39, 0.29) is 53.8 Å². The Morgan fingerprint density at radius 1 is 1.09 bits per heavy atom. The summed E-state index contributed by atoms with van der Waals surface area (Å²) in [7, 11) is 7.32. The van der Waals surface area contributed by atoms with Crippen molar-refractivity contribution in [2.45, 2.75) is 74.3 Å². The summed E-state index contributed by atoms with van der Waals surface area (Å²) in [6.45, 7) is 4.93. The van der Waals surface area contributed by atoms with Crippen LogP contribution in [0.25, 0.3) is 0 Å². The monoisotopic (exact) mass is 479 g/mol. The molecule has 34 heavy (non-hydrogen) atoms. The average molecular weight is 480 g/mol. The topological polar surface area (TPSA) is 78.9 Å². The zero-order valence-corrected chi connectivity index (χ0v) is 21.2. The molecule has 5 saturated carbocycles. The van der Waals surface area contributed by atoms with Crippen LogP contribution in [-0.4, -0.2) is 107 Å². The smallest absolute Gasteiger partial charge is 0.148 e. The second-order valence-corrected chi connectivity index (χ2v) is 12.2. The van der Waals surface area contributed by atoms with E-state index in [0.29, 0.717) is 18.4 Å². The van der Waals surface area contributed by atoms with E-state index in [1.54, 1.807) is 7.11 Å². The molecule has 3 spiro atoms. The van der Waals surface area contributed by atoms with Gasteiger partial charge in [0.05, 0.1) is 37.1 Å². The molecule has 7 bridgehead atoms. The molecule has 1 N–H and O–H groups in total. The predicted octanol–water partition coefficient (Wildman–Crippen LogP) is 1.29. The fraction of sp³-hybridized carbons (Fsp3) is 1.00. The van der Waals surface area contributed by atoms with Crippen molar-refractivity contribution < 1.29 is 33.5 Å². The summed E-state index contributed by atoms with van der Waals surface area (Å²) in [5, 5.41) is 12.6. The van der Waals surface area contributed by atoms with Crippen LogP contribution in [-0.2, 0) is 28.4 Å². The predicted molar refractivity (Wildman–Crippen MR) is 121 cm³/mol. The van der Waals surface area contributed by atoms with Gasteiger partial charge < -0.3 is 33.5 Å². The summed E-state index contributed by atoms with van der Waals surface area (Å²) in [6.07, 6.45) is 3.20. The molecule has 192 valence electrons. The molecule has 8 nitrogen and oxygen atoms in total. The van der Waals surface area contributed by atoms with Gasteiger partial charge in [-0.1, -0.05) is 6.92 Å². The third-order valence-corrected chi connectivity index (χ3v) is 12.0. The Hall–Kier alpha value is -0.320. The van der Waals surface area contributed by atoms with Gasteiger partial charge in [-0.05, 0) is 31.7 Å². The summed E-state index contributed by atoms with van der Waals surface area (Å²) in [5.41, 5.74) is -1.83. The summed E-state index contributed by atoms with van der Waals surface area (Å²) in [6, 6.07) is 0.0378. The highest BCUT2D eigenvalue weighted by molar-refractivity contribution is 5.42. The second kappa shape index (κ2) is 7.16. The number of aliphatic hydroxyl groups is 1. The molecule has 0 amide bonds. The minimum absolute atomic E-state index is 0.0240. The van der Waals surface area contributed by atoms with Gasteiger partial charge in [-0.15, -0.1) is 0 Å². The molecule has 7 fully saturated rings. The third-order valence-electron chi connectivity index (χ3n) is 12.0. The maximum atomic E-state index is 12.6. The van der Waals surface area contributed by atoms with E-state index in [2.05, 4.69) is 11.8 Å². The van der Waals surface area contributed by atoms with E-state index in [1.165, 1.54) is 0 Å². The summed E-state index contributed by atoms with van der Waals surface area (Å²) in [4.78, 5) is 2.61. The van der Waals surface area contributed by atoms with Gasteiger partial charge in [-0.25, -0.2) is 0 Å². The number of likely N-dealkylation sites (tertiary alicyclic amines) is 1. The fourth-order valence-electron chi connectivity index (χ4n) is 11.7. The van der Waals surface area contributed by atoms with Crippen LogP contribution in [0.1, 0.15) is 32.6 Å². The molecule has 5 aliphatic carbocycles.